The molecule has 0 bridgehead atoms. The second-order valence-electron chi connectivity index (χ2n) is 9.29. The summed E-state index contributed by atoms with van der Waals surface area (Å²) >= 11 is 12.3. The second-order valence-corrected chi connectivity index (χ2v) is 12.0. The van der Waals surface area contributed by atoms with E-state index < -0.39 is 51.6 Å². The van der Waals surface area contributed by atoms with Gasteiger partial charge in [0.15, 0.2) is 11.6 Å². The van der Waals surface area contributed by atoms with E-state index in [1.54, 1.807) is 39.8 Å². The summed E-state index contributed by atoms with van der Waals surface area (Å²) in [5.74, 6) is -3.62. The summed E-state index contributed by atoms with van der Waals surface area (Å²) in [6.07, 6.45) is 1.05. The third kappa shape index (κ3) is 8.04. The van der Waals surface area contributed by atoms with Crippen LogP contribution in [0.4, 0.5) is 14.5 Å². The number of nitrogens with one attached hydrogen (secondary N) is 1. The fourth-order valence-electron chi connectivity index (χ4n) is 3.46. The van der Waals surface area contributed by atoms with Crippen molar-refractivity contribution in [3.63, 3.8) is 0 Å². The molecule has 0 saturated carbocycles. The number of rotatable bonds is 9. The summed E-state index contributed by atoms with van der Waals surface area (Å²) in [5, 5.41) is 3.47. The molecule has 0 aliphatic carbocycles. The summed E-state index contributed by atoms with van der Waals surface area (Å²) in [5.41, 5.74) is -0.349. The predicted octanol–water partition coefficient (Wildman–Crippen LogP) is 4.76. The zero-order chi connectivity index (χ0) is 27.4. The van der Waals surface area contributed by atoms with Gasteiger partial charge in [-0.25, -0.2) is 17.2 Å². The summed E-state index contributed by atoms with van der Waals surface area (Å²) in [6, 6.07) is 6.19. The average Bonchev–Trinajstić information content (AvgIpc) is 2.73. The van der Waals surface area contributed by atoms with Crippen LogP contribution in [0.5, 0.6) is 0 Å². The number of halogens is 4. The molecule has 0 spiro atoms. The van der Waals surface area contributed by atoms with Crippen molar-refractivity contribution in [3.05, 3.63) is 63.6 Å². The summed E-state index contributed by atoms with van der Waals surface area (Å²) in [7, 11) is -4.09. The summed E-state index contributed by atoms with van der Waals surface area (Å²) in [6.45, 7) is 6.19. The van der Waals surface area contributed by atoms with Gasteiger partial charge in [-0.05, 0) is 57.0 Å². The van der Waals surface area contributed by atoms with Gasteiger partial charge in [0.25, 0.3) is 0 Å². The number of nitrogens with zero attached hydrogens (tertiary/aromatic N) is 2. The van der Waals surface area contributed by atoms with Crippen molar-refractivity contribution in [1.82, 2.24) is 10.2 Å². The number of hydrogen-bond donors (Lipinski definition) is 1. The van der Waals surface area contributed by atoms with Crippen molar-refractivity contribution in [2.75, 3.05) is 17.1 Å². The van der Waals surface area contributed by atoms with E-state index >= 15 is 0 Å². The van der Waals surface area contributed by atoms with Gasteiger partial charge in [0.05, 0.1) is 11.9 Å². The molecule has 0 aromatic heterocycles. The van der Waals surface area contributed by atoms with Gasteiger partial charge in [0, 0.05) is 28.2 Å². The Morgan fingerprint density at radius 1 is 1.06 bits per heavy atom. The molecule has 0 aliphatic rings. The molecule has 7 nitrogen and oxygen atoms in total. The van der Waals surface area contributed by atoms with Crippen molar-refractivity contribution in [2.24, 2.45) is 0 Å². The molecule has 36 heavy (non-hydrogen) atoms. The first kappa shape index (κ1) is 29.8. The SMILES string of the molecule is CC[C@H](C(=O)NC(C)(C)C)N(Cc1ccc(Cl)cc1Cl)C(=O)CN(c1ccc(F)c(F)c1)S(C)(=O)=O. The average molecular weight is 564 g/mol. The molecule has 198 valence electrons. The maximum atomic E-state index is 13.9. The van der Waals surface area contributed by atoms with Crippen LogP contribution in [0.2, 0.25) is 10.0 Å². The third-order valence-corrected chi connectivity index (χ3v) is 6.84. The highest BCUT2D eigenvalue weighted by molar-refractivity contribution is 7.92. The summed E-state index contributed by atoms with van der Waals surface area (Å²) < 4.78 is 53.0. The van der Waals surface area contributed by atoms with Crippen LogP contribution in [0.3, 0.4) is 0 Å². The van der Waals surface area contributed by atoms with Gasteiger partial charge in [-0.15, -0.1) is 0 Å². The highest BCUT2D eigenvalue weighted by Gasteiger charge is 2.33. The van der Waals surface area contributed by atoms with Crippen LogP contribution >= 0.6 is 23.2 Å². The monoisotopic (exact) mass is 563 g/mol. The quantitative estimate of drug-likeness (QED) is 0.476. The van der Waals surface area contributed by atoms with Crippen LogP contribution in [-0.2, 0) is 26.2 Å². The van der Waals surface area contributed by atoms with Gasteiger partial charge in [0.2, 0.25) is 21.8 Å². The van der Waals surface area contributed by atoms with Gasteiger partial charge < -0.3 is 10.2 Å². The lowest BCUT2D eigenvalue weighted by molar-refractivity contribution is -0.141. The molecular formula is C24H29Cl2F2N3O4S. The van der Waals surface area contributed by atoms with Crippen molar-refractivity contribution in [3.8, 4) is 0 Å². The van der Waals surface area contributed by atoms with Crippen molar-refractivity contribution < 1.29 is 26.8 Å². The van der Waals surface area contributed by atoms with E-state index in [0.29, 0.717) is 21.0 Å². The van der Waals surface area contributed by atoms with Gasteiger partial charge in [-0.3, -0.25) is 13.9 Å². The lowest BCUT2D eigenvalue weighted by atomic mass is 10.1. The Hall–Kier alpha value is -2.43. The molecule has 0 aliphatic heterocycles. The predicted molar refractivity (Wildman–Crippen MR) is 138 cm³/mol. The normalized spacial score (nSPS) is 12.7. The van der Waals surface area contributed by atoms with Crippen LogP contribution < -0.4 is 9.62 Å². The van der Waals surface area contributed by atoms with Crippen LogP contribution in [0.25, 0.3) is 0 Å². The van der Waals surface area contributed by atoms with E-state index in [9.17, 15) is 26.8 Å². The molecule has 2 aromatic rings. The molecule has 1 atom stereocenters. The summed E-state index contributed by atoms with van der Waals surface area (Å²) in [4.78, 5) is 27.9. The molecule has 2 aromatic carbocycles. The van der Waals surface area contributed by atoms with Crippen LogP contribution in [0.15, 0.2) is 36.4 Å². The fourth-order valence-corrected chi connectivity index (χ4v) is 4.77. The minimum atomic E-state index is -4.09. The molecule has 0 radical (unpaired) electrons. The second kappa shape index (κ2) is 11.7. The number of benzene rings is 2. The fraction of sp³-hybridized carbons (Fsp3) is 0.417. The van der Waals surface area contributed by atoms with Crippen LogP contribution in [0.1, 0.15) is 39.7 Å². The number of sulfonamides is 1. The minimum absolute atomic E-state index is 0.125. The van der Waals surface area contributed by atoms with Gasteiger partial charge in [-0.1, -0.05) is 36.2 Å². The van der Waals surface area contributed by atoms with Gasteiger partial charge >= 0.3 is 0 Å². The van der Waals surface area contributed by atoms with Crippen LogP contribution in [0, 0.1) is 11.6 Å². The Morgan fingerprint density at radius 3 is 2.19 bits per heavy atom. The van der Waals surface area contributed by atoms with Crippen LogP contribution in [-0.4, -0.2) is 49.5 Å². The first-order chi connectivity index (χ1) is 16.5. The van der Waals surface area contributed by atoms with E-state index in [2.05, 4.69) is 5.32 Å². The lowest BCUT2D eigenvalue weighted by Crippen LogP contribution is -2.55. The van der Waals surface area contributed by atoms with Crippen molar-refractivity contribution >= 4 is 50.7 Å². The first-order valence-electron chi connectivity index (χ1n) is 11.0. The number of amides is 2. The largest absolute Gasteiger partial charge is 0.350 e. The zero-order valence-corrected chi connectivity index (χ0v) is 22.9. The molecule has 2 rings (SSSR count). The molecule has 0 fully saturated rings. The molecule has 2 amide bonds. The molecular weight excluding hydrogens is 535 g/mol. The number of anilines is 1. The van der Waals surface area contributed by atoms with E-state index in [4.69, 9.17) is 23.2 Å². The van der Waals surface area contributed by atoms with E-state index in [1.807, 2.05) is 0 Å². The zero-order valence-electron chi connectivity index (χ0n) is 20.6. The molecule has 0 heterocycles. The van der Waals surface area contributed by atoms with Gasteiger partial charge in [-0.2, -0.15) is 0 Å². The van der Waals surface area contributed by atoms with E-state index in [1.165, 1.54) is 11.0 Å². The number of hydrogen-bond acceptors (Lipinski definition) is 4. The number of carbonyl (C=O) groups excluding carboxylic acids is 2. The molecule has 1 N–H and O–H groups in total. The van der Waals surface area contributed by atoms with Gasteiger partial charge in [0.1, 0.15) is 12.6 Å². The molecule has 0 saturated heterocycles. The lowest BCUT2D eigenvalue weighted by Gasteiger charge is -2.34. The topological polar surface area (TPSA) is 86.8 Å². The Kier molecular flexibility index (Phi) is 9.72. The van der Waals surface area contributed by atoms with Crippen molar-refractivity contribution in [2.45, 2.75) is 52.2 Å². The Labute approximate surface area is 220 Å². The maximum Gasteiger partial charge on any atom is 0.244 e. The van der Waals surface area contributed by atoms with Crippen molar-refractivity contribution in [1.29, 1.82) is 0 Å². The highest BCUT2D eigenvalue weighted by Crippen LogP contribution is 2.25. The van der Waals surface area contributed by atoms with E-state index in [-0.39, 0.29) is 23.7 Å². The molecule has 0 unspecified atom stereocenters. The maximum absolute atomic E-state index is 13.9. The molecule has 12 heteroatoms. The highest BCUT2D eigenvalue weighted by atomic mass is 35.5. The Balaban J connectivity index is 2.52. The van der Waals surface area contributed by atoms with E-state index in [0.717, 1.165) is 18.4 Å². The number of carbonyl (C=O) groups is 2. The standard InChI is InChI=1S/C24H29Cl2F2N3O4S/c1-6-21(23(33)29-24(2,3)4)30(13-15-7-8-16(25)11-18(15)26)22(32)14-31(36(5,34)35)17-9-10-19(27)20(28)12-17/h7-12,21H,6,13-14H2,1-5H3,(H,29,33)/t21-/m1/s1. The Bertz CT molecular complexity index is 1240. The first-order valence-corrected chi connectivity index (χ1v) is 13.6. The Morgan fingerprint density at radius 2 is 1.69 bits per heavy atom. The third-order valence-electron chi connectivity index (χ3n) is 5.11. The smallest absolute Gasteiger partial charge is 0.244 e. The minimum Gasteiger partial charge on any atom is -0.350 e.